The van der Waals surface area contributed by atoms with Gasteiger partial charge in [0.25, 0.3) is 15.9 Å². The van der Waals surface area contributed by atoms with Crippen LogP contribution in [0.4, 0.5) is 16.2 Å². The minimum atomic E-state index is -3.96. The zero-order valence-electron chi connectivity index (χ0n) is 14.6. The van der Waals surface area contributed by atoms with Crippen LogP contribution in [0.1, 0.15) is 5.56 Å². The van der Waals surface area contributed by atoms with Gasteiger partial charge in [-0.15, -0.1) is 0 Å². The van der Waals surface area contributed by atoms with Crippen molar-refractivity contribution in [1.29, 1.82) is 0 Å². The average Bonchev–Trinajstić information content (AvgIpc) is 2.63. The third-order valence-electron chi connectivity index (χ3n) is 3.98. The van der Waals surface area contributed by atoms with E-state index >= 15 is 0 Å². The Morgan fingerprint density at radius 1 is 1.07 bits per heavy atom. The van der Waals surface area contributed by atoms with Gasteiger partial charge in [-0.2, -0.15) is 0 Å². The lowest BCUT2D eigenvalue weighted by atomic mass is 10.2. The molecule has 8 nitrogen and oxygen atoms in total. The largest absolute Gasteiger partial charge is 0.370 e. The molecule has 2 aromatic carbocycles. The number of morpholine rings is 1. The number of nitrogens with one attached hydrogen (secondary N) is 2. The second kappa shape index (κ2) is 7.77. The summed E-state index contributed by atoms with van der Waals surface area (Å²) in [6, 6.07) is 11.8. The first kappa shape index (κ1) is 18.9. The van der Waals surface area contributed by atoms with Crippen molar-refractivity contribution in [1.82, 2.24) is 4.72 Å². The normalized spacial score (nSPS) is 14.7. The maximum atomic E-state index is 12.2. The van der Waals surface area contributed by atoms with Crippen molar-refractivity contribution in [3.05, 3.63) is 54.1 Å². The number of benzene rings is 2. The number of anilines is 2. The summed E-state index contributed by atoms with van der Waals surface area (Å²) in [4.78, 5) is 25.4. The summed E-state index contributed by atoms with van der Waals surface area (Å²) < 4.78 is 31.5. The first-order valence-corrected chi connectivity index (χ1v) is 9.72. The topological polar surface area (TPSA) is 105 Å². The SMILES string of the molecule is Cc1ccc(S(=O)(=O)NC(=O)Nc2ccc(N3CCOCC3=O)cc2)cc1. The molecular weight excluding hydrogens is 370 g/mol. The molecule has 142 valence electrons. The maximum Gasteiger partial charge on any atom is 0.333 e. The number of hydrogen-bond donors (Lipinski definition) is 2. The lowest BCUT2D eigenvalue weighted by Crippen LogP contribution is -2.41. The maximum absolute atomic E-state index is 12.2. The smallest absolute Gasteiger partial charge is 0.333 e. The summed E-state index contributed by atoms with van der Waals surface area (Å²) in [5, 5.41) is 2.46. The third-order valence-corrected chi connectivity index (χ3v) is 5.33. The quantitative estimate of drug-likeness (QED) is 0.831. The van der Waals surface area contributed by atoms with Crippen LogP contribution >= 0.6 is 0 Å². The van der Waals surface area contributed by atoms with Gasteiger partial charge < -0.3 is 15.0 Å². The van der Waals surface area contributed by atoms with Crippen LogP contribution in [0.5, 0.6) is 0 Å². The van der Waals surface area contributed by atoms with Crippen LogP contribution in [0.2, 0.25) is 0 Å². The molecule has 1 heterocycles. The van der Waals surface area contributed by atoms with Crippen LogP contribution in [-0.2, 0) is 19.6 Å². The van der Waals surface area contributed by atoms with Gasteiger partial charge in [0.1, 0.15) is 6.61 Å². The van der Waals surface area contributed by atoms with Gasteiger partial charge in [-0.3, -0.25) is 4.79 Å². The lowest BCUT2D eigenvalue weighted by Gasteiger charge is -2.26. The van der Waals surface area contributed by atoms with E-state index < -0.39 is 16.1 Å². The predicted molar refractivity (Wildman–Crippen MR) is 100 cm³/mol. The highest BCUT2D eigenvalue weighted by atomic mass is 32.2. The van der Waals surface area contributed by atoms with E-state index in [1.807, 2.05) is 11.6 Å². The third kappa shape index (κ3) is 4.63. The fourth-order valence-corrected chi connectivity index (χ4v) is 3.48. The number of nitrogens with zero attached hydrogens (tertiary/aromatic N) is 1. The molecule has 0 spiro atoms. The van der Waals surface area contributed by atoms with E-state index in [1.54, 1.807) is 41.3 Å². The van der Waals surface area contributed by atoms with Gasteiger partial charge in [0, 0.05) is 17.9 Å². The number of carbonyl (C=O) groups is 2. The van der Waals surface area contributed by atoms with Crippen LogP contribution < -0.4 is 14.9 Å². The fraction of sp³-hybridized carbons (Fsp3) is 0.222. The number of hydrogen-bond acceptors (Lipinski definition) is 5. The average molecular weight is 389 g/mol. The van der Waals surface area contributed by atoms with Crippen molar-refractivity contribution in [3.63, 3.8) is 0 Å². The molecule has 0 aromatic heterocycles. The lowest BCUT2D eigenvalue weighted by molar-refractivity contribution is -0.125. The molecule has 1 saturated heterocycles. The molecule has 9 heteroatoms. The van der Waals surface area contributed by atoms with E-state index in [9.17, 15) is 18.0 Å². The number of ether oxygens (including phenoxy) is 1. The number of urea groups is 1. The van der Waals surface area contributed by atoms with E-state index in [2.05, 4.69) is 5.32 Å². The zero-order chi connectivity index (χ0) is 19.4. The Morgan fingerprint density at radius 2 is 1.74 bits per heavy atom. The summed E-state index contributed by atoms with van der Waals surface area (Å²) in [7, 11) is -3.96. The van der Waals surface area contributed by atoms with Crippen molar-refractivity contribution >= 4 is 33.3 Å². The van der Waals surface area contributed by atoms with E-state index in [0.717, 1.165) is 5.56 Å². The van der Waals surface area contributed by atoms with Crippen LogP contribution in [-0.4, -0.2) is 40.1 Å². The molecule has 3 amide bonds. The molecule has 1 aliphatic rings. The zero-order valence-corrected chi connectivity index (χ0v) is 15.5. The fourth-order valence-electron chi connectivity index (χ4n) is 2.57. The Labute approximate surface area is 157 Å². The molecule has 3 rings (SSSR count). The van der Waals surface area contributed by atoms with Gasteiger partial charge in [0.2, 0.25) is 0 Å². The molecule has 2 N–H and O–H groups in total. The van der Waals surface area contributed by atoms with E-state index in [-0.39, 0.29) is 17.4 Å². The summed E-state index contributed by atoms with van der Waals surface area (Å²) in [6.07, 6.45) is 0. The summed E-state index contributed by atoms with van der Waals surface area (Å²) in [5.74, 6) is -0.135. The number of carbonyl (C=O) groups excluding carboxylic acids is 2. The molecule has 1 fully saturated rings. The summed E-state index contributed by atoms with van der Waals surface area (Å²) in [6.45, 7) is 2.80. The molecule has 27 heavy (non-hydrogen) atoms. The highest BCUT2D eigenvalue weighted by Crippen LogP contribution is 2.19. The van der Waals surface area contributed by atoms with Gasteiger partial charge in [0.15, 0.2) is 0 Å². The first-order chi connectivity index (χ1) is 12.8. The number of aryl methyl sites for hydroxylation is 1. The molecule has 0 unspecified atom stereocenters. The van der Waals surface area contributed by atoms with Gasteiger partial charge >= 0.3 is 6.03 Å². The number of rotatable bonds is 4. The molecule has 0 atom stereocenters. The van der Waals surface area contributed by atoms with Crippen molar-refractivity contribution in [2.24, 2.45) is 0 Å². The van der Waals surface area contributed by atoms with E-state index in [0.29, 0.717) is 24.5 Å². The Hall–Kier alpha value is -2.91. The molecule has 0 radical (unpaired) electrons. The van der Waals surface area contributed by atoms with Crippen molar-refractivity contribution in [3.8, 4) is 0 Å². The predicted octanol–water partition coefficient (Wildman–Crippen LogP) is 1.87. The van der Waals surface area contributed by atoms with Crippen LogP contribution in [0, 0.1) is 6.92 Å². The second-order valence-corrected chi connectivity index (χ2v) is 7.70. The number of sulfonamides is 1. The van der Waals surface area contributed by atoms with Gasteiger partial charge in [-0.05, 0) is 43.3 Å². The molecule has 0 saturated carbocycles. The summed E-state index contributed by atoms with van der Waals surface area (Å²) in [5.41, 5.74) is 2.00. The van der Waals surface area contributed by atoms with Crippen LogP contribution in [0.25, 0.3) is 0 Å². The van der Waals surface area contributed by atoms with E-state index in [4.69, 9.17) is 4.74 Å². The molecule has 0 aliphatic carbocycles. The number of amides is 3. The Bertz CT molecular complexity index is 940. The molecule has 0 bridgehead atoms. The summed E-state index contributed by atoms with van der Waals surface area (Å²) >= 11 is 0. The highest BCUT2D eigenvalue weighted by Gasteiger charge is 2.20. The standard InChI is InChI=1S/C18H19N3O5S/c1-13-2-8-16(9-3-13)27(24,25)20-18(23)19-14-4-6-15(7-5-14)21-10-11-26-12-17(21)22/h2-9H,10-12H2,1H3,(H2,19,20,23). The van der Waals surface area contributed by atoms with Gasteiger partial charge in [0.05, 0.1) is 11.5 Å². The Morgan fingerprint density at radius 3 is 2.37 bits per heavy atom. The Balaban J connectivity index is 1.64. The molecule has 1 aliphatic heterocycles. The van der Waals surface area contributed by atoms with Crippen molar-refractivity contribution in [2.45, 2.75) is 11.8 Å². The van der Waals surface area contributed by atoms with E-state index in [1.165, 1.54) is 12.1 Å². The Kier molecular flexibility index (Phi) is 5.43. The van der Waals surface area contributed by atoms with Crippen molar-refractivity contribution < 1.29 is 22.7 Å². The minimum Gasteiger partial charge on any atom is -0.370 e. The van der Waals surface area contributed by atoms with Crippen LogP contribution in [0.15, 0.2) is 53.4 Å². The van der Waals surface area contributed by atoms with Gasteiger partial charge in [-0.1, -0.05) is 17.7 Å². The van der Waals surface area contributed by atoms with Gasteiger partial charge in [-0.25, -0.2) is 17.9 Å². The second-order valence-electron chi connectivity index (χ2n) is 6.02. The van der Waals surface area contributed by atoms with Crippen LogP contribution in [0.3, 0.4) is 0 Å². The first-order valence-electron chi connectivity index (χ1n) is 8.24. The molecule has 2 aromatic rings. The monoisotopic (exact) mass is 389 g/mol. The minimum absolute atomic E-state index is 0.00410. The molecular formula is C18H19N3O5S. The highest BCUT2D eigenvalue weighted by molar-refractivity contribution is 7.90. The van der Waals surface area contributed by atoms with Crippen molar-refractivity contribution in [2.75, 3.05) is 30.0 Å².